The summed E-state index contributed by atoms with van der Waals surface area (Å²) in [7, 11) is 1.56. The number of hydrogen-bond donors (Lipinski definition) is 3. The first-order valence-electron chi connectivity index (χ1n) is 8.85. The third-order valence-corrected chi connectivity index (χ3v) is 4.70. The predicted octanol–water partition coefficient (Wildman–Crippen LogP) is 3.31. The largest absolute Gasteiger partial charge is 0.493 e. The van der Waals surface area contributed by atoms with Gasteiger partial charge in [0.2, 0.25) is 4.77 Å². The van der Waals surface area contributed by atoms with E-state index in [0.29, 0.717) is 22.8 Å². The molecule has 0 aliphatic rings. The van der Waals surface area contributed by atoms with Crippen LogP contribution in [0.25, 0.3) is 0 Å². The number of hydrogen-bond acceptors (Lipinski definition) is 6. The van der Waals surface area contributed by atoms with Crippen LogP contribution < -0.4 is 20.2 Å². The van der Waals surface area contributed by atoms with Crippen molar-refractivity contribution in [2.24, 2.45) is 0 Å². The van der Waals surface area contributed by atoms with Crippen molar-refractivity contribution in [1.29, 1.82) is 0 Å². The molecule has 0 spiro atoms. The van der Waals surface area contributed by atoms with E-state index in [0.717, 1.165) is 22.3 Å². The Balaban J connectivity index is 2.11. The normalized spacial score (nSPS) is 11.2. The Bertz CT molecular complexity index is 888. The lowest BCUT2D eigenvalue weighted by Gasteiger charge is -2.21. The van der Waals surface area contributed by atoms with Gasteiger partial charge in [-0.3, -0.25) is 9.89 Å². The number of aromatic amines is 1. The molecule has 0 fully saturated rings. The highest BCUT2D eigenvalue weighted by Gasteiger charge is 2.16. The highest BCUT2D eigenvalue weighted by molar-refractivity contribution is 9.10. The van der Waals surface area contributed by atoms with Crippen molar-refractivity contribution in [1.82, 2.24) is 20.2 Å². The number of aromatic nitrogens is 3. The van der Waals surface area contributed by atoms with E-state index in [4.69, 9.17) is 21.7 Å². The maximum atomic E-state index is 12.0. The summed E-state index contributed by atoms with van der Waals surface area (Å²) >= 11 is 8.79. The Morgan fingerprint density at radius 2 is 2.07 bits per heavy atom. The van der Waals surface area contributed by atoms with Crippen LogP contribution in [0.3, 0.4) is 0 Å². The summed E-state index contributed by atoms with van der Waals surface area (Å²) in [6.45, 7) is 8.15. The lowest BCUT2D eigenvalue weighted by Crippen LogP contribution is -2.43. The van der Waals surface area contributed by atoms with Crippen LogP contribution in [0.1, 0.15) is 39.1 Å². The number of amides is 1. The van der Waals surface area contributed by atoms with Crippen molar-refractivity contribution < 1.29 is 14.3 Å². The number of nitrogens with one attached hydrogen (secondary N) is 3. The fourth-order valence-electron chi connectivity index (χ4n) is 2.48. The molecule has 1 aromatic heterocycles. The van der Waals surface area contributed by atoms with Crippen LogP contribution in [0.2, 0.25) is 0 Å². The molecule has 1 aromatic carbocycles. The van der Waals surface area contributed by atoms with Gasteiger partial charge in [-0.05, 0) is 50.7 Å². The van der Waals surface area contributed by atoms with Crippen molar-refractivity contribution in [3.63, 3.8) is 0 Å². The Morgan fingerprint density at radius 3 is 2.68 bits per heavy atom. The summed E-state index contributed by atoms with van der Waals surface area (Å²) in [4.78, 5) is 12.0. The molecule has 2 aromatic rings. The van der Waals surface area contributed by atoms with Gasteiger partial charge in [-0.15, -0.1) is 0 Å². The second-order valence-electron chi connectivity index (χ2n) is 7.15. The zero-order chi connectivity index (χ0) is 20.9. The van der Waals surface area contributed by atoms with Crippen LogP contribution in [0.5, 0.6) is 11.5 Å². The summed E-state index contributed by atoms with van der Waals surface area (Å²) < 4.78 is 14.2. The zero-order valence-electron chi connectivity index (χ0n) is 16.7. The molecule has 8 nitrogen and oxygen atoms in total. The molecule has 1 amide bonds. The van der Waals surface area contributed by atoms with Gasteiger partial charge >= 0.3 is 0 Å². The Morgan fingerprint density at radius 1 is 1.36 bits per heavy atom. The maximum absolute atomic E-state index is 12.0. The minimum Gasteiger partial charge on any atom is -0.493 e. The molecule has 154 valence electrons. The van der Waals surface area contributed by atoms with Gasteiger partial charge in [0.15, 0.2) is 23.9 Å². The monoisotopic (exact) mass is 471 g/mol. The first kappa shape index (κ1) is 22.2. The van der Waals surface area contributed by atoms with Crippen molar-refractivity contribution in [2.75, 3.05) is 19.1 Å². The highest BCUT2D eigenvalue weighted by Crippen LogP contribution is 2.33. The molecule has 3 N–H and O–H groups in total. The molecule has 2 rings (SSSR count). The van der Waals surface area contributed by atoms with E-state index in [1.807, 2.05) is 33.8 Å². The molecule has 1 heterocycles. The number of H-pyrrole nitrogens is 1. The van der Waals surface area contributed by atoms with Crippen molar-refractivity contribution >= 4 is 34.1 Å². The van der Waals surface area contributed by atoms with Crippen molar-refractivity contribution in [2.45, 2.75) is 46.2 Å². The summed E-state index contributed by atoms with van der Waals surface area (Å²) in [5.41, 5.74) is 3.87. The van der Waals surface area contributed by atoms with Crippen LogP contribution in [-0.2, 0) is 17.8 Å². The molecule has 28 heavy (non-hydrogen) atoms. The molecular formula is C18H26BrN5O3S. The average molecular weight is 472 g/mol. The van der Waals surface area contributed by atoms with E-state index < -0.39 is 0 Å². The SMILES string of the molecule is CCc1n[nH]c(=S)n1NCc1cc(OC)c(OCC(=O)NC(C)(C)C)cc1Br. The molecule has 0 atom stereocenters. The van der Waals surface area contributed by atoms with Crippen LogP contribution in [-0.4, -0.2) is 40.0 Å². The molecule has 0 unspecified atom stereocenters. The van der Waals surface area contributed by atoms with Gasteiger partial charge in [0.1, 0.15) is 0 Å². The van der Waals surface area contributed by atoms with Gasteiger partial charge in [0.05, 0.1) is 13.7 Å². The highest BCUT2D eigenvalue weighted by atomic mass is 79.9. The minimum absolute atomic E-state index is 0.0955. The summed E-state index contributed by atoms with van der Waals surface area (Å²) in [5.74, 6) is 1.64. The van der Waals surface area contributed by atoms with E-state index in [2.05, 4.69) is 36.9 Å². The number of carbonyl (C=O) groups excluding carboxylic acids is 1. The Hall–Kier alpha value is -2.07. The fraction of sp³-hybridized carbons (Fsp3) is 0.500. The van der Waals surface area contributed by atoms with Crippen LogP contribution in [0.4, 0.5) is 0 Å². The number of halogens is 1. The lowest BCUT2D eigenvalue weighted by molar-refractivity contribution is -0.124. The third kappa shape index (κ3) is 5.96. The second-order valence-corrected chi connectivity index (χ2v) is 8.39. The second kappa shape index (κ2) is 9.42. The number of rotatable bonds is 8. The maximum Gasteiger partial charge on any atom is 0.258 e. The molecule has 0 aliphatic heterocycles. The molecule has 0 saturated heterocycles. The Labute approximate surface area is 178 Å². The third-order valence-electron chi connectivity index (χ3n) is 3.69. The van der Waals surface area contributed by atoms with Gasteiger partial charge < -0.3 is 20.2 Å². The van der Waals surface area contributed by atoms with Gasteiger partial charge in [-0.2, -0.15) is 5.10 Å². The minimum atomic E-state index is -0.313. The van der Waals surface area contributed by atoms with Crippen LogP contribution in [0.15, 0.2) is 16.6 Å². The molecule has 0 saturated carbocycles. The fourth-order valence-corrected chi connectivity index (χ4v) is 3.15. The topological polar surface area (TPSA) is 93.2 Å². The first-order valence-corrected chi connectivity index (χ1v) is 10.0. The van der Waals surface area contributed by atoms with Crippen molar-refractivity contribution in [3.05, 3.63) is 32.8 Å². The number of benzene rings is 1. The van der Waals surface area contributed by atoms with Crippen LogP contribution >= 0.6 is 28.1 Å². The van der Waals surface area contributed by atoms with Gasteiger partial charge in [-0.1, -0.05) is 22.9 Å². The number of methoxy groups -OCH3 is 1. The smallest absolute Gasteiger partial charge is 0.258 e. The van der Waals surface area contributed by atoms with Crippen molar-refractivity contribution in [3.8, 4) is 11.5 Å². The summed E-state index contributed by atoms with van der Waals surface area (Å²) in [6.07, 6.45) is 0.744. The lowest BCUT2D eigenvalue weighted by atomic mass is 10.1. The standard InChI is InChI=1S/C18H26BrN5O3S/c1-6-15-22-23-17(28)24(15)20-9-11-7-13(26-5)14(8-12(11)19)27-10-16(25)21-18(2,3)4/h7-8,20H,6,9-10H2,1-5H3,(H,21,25)(H,23,28). The van der Waals surface area contributed by atoms with E-state index in [9.17, 15) is 4.79 Å². The number of ether oxygens (including phenoxy) is 2. The number of aryl methyl sites for hydroxylation is 1. The summed E-state index contributed by atoms with van der Waals surface area (Å²) in [5, 5.41) is 9.80. The zero-order valence-corrected chi connectivity index (χ0v) is 19.1. The molecule has 0 bridgehead atoms. The van der Waals surface area contributed by atoms with Gasteiger partial charge in [0, 0.05) is 16.4 Å². The average Bonchev–Trinajstić information content (AvgIpc) is 2.97. The van der Waals surface area contributed by atoms with E-state index in [1.54, 1.807) is 17.9 Å². The molecule has 0 aliphatic carbocycles. The molecule has 10 heteroatoms. The van der Waals surface area contributed by atoms with E-state index in [1.165, 1.54) is 0 Å². The number of nitrogens with zero attached hydrogens (tertiary/aromatic N) is 2. The van der Waals surface area contributed by atoms with Gasteiger partial charge in [0.25, 0.3) is 5.91 Å². The molecular weight excluding hydrogens is 446 g/mol. The Kier molecular flexibility index (Phi) is 7.48. The van der Waals surface area contributed by atoms with Crippen LogP contribution in [0, 0.1) is 4.77 Å². The number of carbonyl (C=O) groups is 1. The molecule has 0 radical (unpaired) electrons. The van der Waals surface area contributed by atoms with Gasteiger partial charge in [-0.25, -0.2) is 4.68 Å². The first-order chi connectivity index (χ1) is 13.1. The predicted molar refractivity (Wildman–Crippen MR) is 114 cm³/mol. The van der Waals surface area contributed by atoms with E-state index >= 15 is 0 Å². The van der Waals surface area contributed by atoms with E-state index in [-0.39, 0.29) is 18.1 Å². The quantitative estimate of drug-likeness (QED) is 0.511. The summed E-state index contributed by atoms with van der Waals surface area (Å²) in [6, 6.07) is 3.64.